The van der Waals surface area contributed by atoms with Gasteiger partial charge in [-0.2, -0.15) is 0 Å². The van der Waals surface area contributed by atoms with E-state index in [2.05, 4.69) is 15.6 Å². The van der Waals surface area contributed by atoms with Crippen molar-refractivity contribution < 1.29 is 33.7 Å². The molecule has 2 aliphatic rings. The lowest BCUT2D eigenvalue weighted by Crippen LogP contribution is -2.54. The summed E-state index contributed by atoms with van der Waals surface area (Å²) in [5, 5.41) is 14.7. The Balaban J connectivity index is 0.00000840. The van der Waals surface area contributed by atoms with Crippen molar-refractivity contribution in [3.05, 3.63) is 10.1 Å². The van der Waals surface area contributed by atoms with Crippen molar-refractivity contribution in [2.24, 2.45) is 16.5 Å². The van der Waals surface area contributed by atoms with Crippen molar-refractivity contribution in [2.75, 3.05) is 32.8 Å². The van der Waals surface area contributed by atoms with E-state index in [4.69, 9.17) is 16.2 Å². The van der Waals surface area contributed by atoms with E-state index in [-0.39, 0.29) is 50.9 Å². The molecule has 0 aromatic carbocycles. The number of hydrogen-bond donors (Lipinski definition) is 5. The van der Waals surface area contributed by atoms with E-state index in [1.807, 2.05) is 0 Å². The minimum absolute atomic E-state index is 0. The van der Waals surface area contributed by atoms with Crippen molar-refractivity contribution >= 4 is 48.0 Å². The first-order chi connectivity index (χ1) is 19.0. The van der Waals surface area contributed by atoms with E-state index < -0.39 is 58.9 Å². The highest BCUT2D eigenvalue weighted by Gasteiger charge is 2.38. The van der Waals surface area contributed by atoms with Gasteiger partial charge in [0.15, 0.2) is 5.03 Å². The van der Waals surface area contributed by atoms with Crippen LogP contribution in [-0.4, -0.2) is 107 Å². The number of carbonyl (C=O) groups excluding carboxylic acids is 5. The smallest absolute Gasteiger partial charge is 0.328 e. The third kappa shape index (κ3) is 10.6. The summed E-state index contributed by atoms with van der Waals surface area (Å²) < 4.78 is 5.05. The Morgan fingerprint density at radius 2 is 1.71 bits per heavy atom. The summed E-state index contributed by atoms with van der Waals surface area (Å²) in [5.74, 6) is -2.86. The fourth-order valence-corrected chi connectivity index (χ4v) is 4.67. The second-order valence-electron chi connectivity index (χ2n) is 9.53. The summed E-state index contributed by atoms with van der Waals surface area (Å²) in [6.45, 7) is 3.67. The molecule has 0 spiro atoms. The van der Waals surface area contributed by atoms with E-state index in [1.54, 1.807) is 19.3 Å². The summed E-state index contributed by atoms with van der Waals surface area (Å²) in [6, 6.07) is -3.32. The minimum atomic E-state index is -1.03. The number of likely N-dealkylation sites (tertiary alicyclic amines) is 2. The van der Waals surface area contributed by atoms with Gasteiger partial charge in [0.25, 0.3) is 5.96 Å². The van der Waals surface area contributed by atoms with Gasteiger partial charge in [0, 0.05) is 19.6 Å². The van der Waals surface area contributed by atoms with E-state index in [0.29, 0.717) is 38.8 Å². The molecule has 232 valence electrons. The molecular formula is C23H40ClN9O8. The van der Waals surface area contributed by atoms with Crippen LogP contribution in [0.3, 0.4) is 0 Å². The van der Waals surface area contributed by atoms with Crippen molar-refractivity contribution in [3.63, 3.8) is 0 Å². The van der Waals surface area contributed by atoms with Gasteiger partial charge < -0.3 is 36.6 Å². The average Bonchev–Trinajstić information content (AvgIpc) is 3.58. The molecule has 4 atom stereocenters. The van der Waals surface area contributed by atoms with E-state index in [1.165, 1.54) is 9.80 Å². The van der Waals surface area contributed by atoms with E-state index >= 15 is 0 Å². The first-order valence-corrected chi connectivity index (χ1v) is 13.3. The van der Waals surface area contributed by atoms with Gasteiger partial charge in [0.05, 0.1) is 19.2 Å². The van der Waals surface area contributed by atoms with Gasteiger partial charge in [-0.05, 0) is 52.4 Å². The number of rotatable bonds is 13. The number of amides is 4. The van der Waals surface area contributed by atoms with Gasteiger partial charge in [-0.1, -0.05) is 5.43 Å². The number of esters is 1. The molecule has 18 heteroatoms. The Morgan fingerprint density at radius 1 is 1.10 bits per heavy atom. The highest BCUT2D eigenvalue weighted by Crippen LogP contribution is 2.20. The molecule has 41 heavy (non-hydrogen) atoms. The molecule has 0 unspecified atom stereocenters. The molecule has 2 heterocycles. The van der Waals surface area contributed by atoms with Gasteiger partial charge in [0.1, 0.15) is 18.1 Å². The summed E-state index contributed by atoms with van der Waals surface area (Å²) in [5.41, 5.74) is 12.7. The van der Waals surface area contributed by atoms with Crippen LogP contribution in [-0.2, 0) is 28.7 Å². The van der Waals surface area contributed by atoms with Crippen LogP contribution in [0.15, 0.2) is 4.99 Å². The molecule has 0 bridgehead atoms. The molecular weight excluding hydrogens is 566 g/mol. The molecule has 17 nitrogen and oxygen atoms in total. The number of guanidine groups is 1. The molecule has 2 aliphatic heterocycles. The lowest BCUT2D eigenvalue weighted by Gasteiger charge is -2.27. The molecule has 0 aromatic heterocycles. The molecule has 2 rings (SSSR count). The molecule has 0 aliphatic carbocycles. The number of hydrazine groups is 1. The quantitative estimate of drug-likeness (QED) is 0.0375. The monoisotopic (exact) mass is 605 g/mol. The number of nitro groups is 1. The second-order valence-corrected chi connectivity index (χ2v) is 9.53. The van der Waals surface area contributed by atoms with Crippen molar-refractivity contribution in [1.29, 1.82) is 0 Å². The number of hydrogen-bond acceptors (Lipinski definition) is 10. The summed E-state index contributed by atoms with van der Waals surface area (Å²) in [7, 11) is 0. The lowest BCUT2D eigenvalue weighted by molar-refractivity contribution is -0.525. The molecule has 0 radical (unpaired) electrons. The summed E-state index contributed by atoms with van der Waals surface area (Å²) >= 11 is 0. The number of ether oxygens (including phenoxy) is 1. The van der Waals surface area contributed by atoms with Gasteiger partial charge >= 0.3 is 5.97 Å². The van der Waals surface area contributed by atoms with Crippen LogP contribution in [0, 0.1) is 10.1 Å². The number of nitrogens with zero attached hydrogens (tertiary/aromatic N) is 4. The lowest BCUT2D eigenvalue weighted by atomic mass is 10.1. The molecule has 7 N–H and O–H groups in total. The van der Waals surface area contributed by atoms with Crippen LogP contribution in [0.5, 0.6) is 0 Å². The van der Waals surface area contributed by atoms with Gasteiger partial charge in [-0.25, -0.2) is 19.9 Å². The second kappa shape index (κ2) is 17.2. The summed E-state index contributed by atoms with van der Waals surface area (Å²) in [4.78, 5) is 80.4. The number of aliphatic imine (C=N–C) groups is 1. The Hall–Kier alpha value is -3.73. The average molecular weight is 606 g/mol. The fourth-order valence-electron chi connectivity index (χ4n) is 4.67. The zero-order valence-electron chi connectivity index (χ0n) is 23.2. The minimum Gasteiger partial charge on any atom is -0.464 e. The van der Waals surface area contributed by atoms with Gasteiger partial charge in [-0.3, -0.25) is 19.2 Å². The highest BCUT2D eigenvalue weighted by molar-refractivity contribution is 5.94. The van der Waals surface area contributed by atoms with Crippen LogP contribution in [0.2, 0.25) is 0 Å². The van der Waals surface area contributed by atoms with E-state index in [0.717, 1.165) is 0 Å². The van der Waals surface area contributed by atoms with E-state index in [9.17, 15) is 34.1 Å². The Labute approximate surface area is 243 Å². The zero-order valence-corrected chi connectivity index (χ0v) is 24.0. The Bertz CT molecular complexity index is 996. The maximum atomic E-state index is 13.1. The third-order valence-electron chi connectivity index (χ3n) is 6.54. The van der Waals surface area contributed by atoms with Crippen LogP contribution < -0.4 is 27.5 Å². The molecule has 2 saturated heterocycles. The van der Waals surface area contributed by atoms with Crippen LogP contribution in [0.1, 0.15) is 52.4 Å². The highest BCUT2D eigenvalue weighted by atomic mass is 35.5. The number of nitrogens with one attached hydrogen (secondary N) is 3. The Morgan fingerprint density at radius 3 is 2.29 bits per heavy atom. The van der Waals surface area contributed by atoms with Crippen LogP contribution in [0.4, 0.5) is 0 Å². The number of nitrogens with two attached hydrogens (primary N) is 2. The molecule has 0 aromatic rings. The number of carbonyl (C=O) groups is 5. The summed E-state index contributed by atoms with van der Waals surface area (Å²) in [6.07, 6.45) is 2.41. The normalized spacial score (nSPS) is 19.9. The molecule has 0 saturated carbocycles. The molecule has 4 amide bonds. The van der Waals surface area contributed by atoms with Crippen LogP contribution >= 0.6 is 12.4 Å². The third-order valence-corrected chi connectivity index (χ3v) is 6.54. The first-order valence-electron chi connectivity index (χ1n) is 13.3. The largest absolute Gasteiger partial charge is 0.464 e. The van der Waals surface area contributed by atoms with Gasteiger partial charge in [-0.15, -0.1) is 12.4 Å². The van der Waals surface area contributed by atoms with Crippen molar-refractivity contribution in [2.45, 2.75) is 76.5 Å². The number of halogens is 1. The zero-order chi connectivity index (χ0) is 29.8. The predicted molar refractivity (Wildman–Crippen MR) is 148 cm³/mol. The Kier molecular flexibility index (Phi) is 14.8. The maximum Gasteiger partial charge on any atom is 0.328 e. The first kappa shape index (κ1) is 35.3. The van der Waals surface area contributed by atoms with Gasteiger partial charge in [0.2, 0.25) is 23.6 Å². The van der Waals surface area contributed by atoms with Crippen LogP contribution in [0.25, 0.3) is 0 Å². The SMILES string of the molecule is CCOC(=O)[C@H](CCCN=C(N)N[N+](=O)[O-])NC(=O)[C@@H]1CCCN1C(=O)CNC(=O)[C@@H]1CCCN1C(=O)[C@H](C)N.Cl. The molecule has 2 fully saturated rings. The fraction of sp³-hybridized carbons (Fsp3) is 0.739. The maximum absolute atomic E-state index is 13.1. The van der Waals surface area contributed by atoms with Crippen molar-refractivity contribution in [3.8, 4) is 0 Å². The predicted octanol–water partition coefficient (Wildman–Crippen LogP) is -2.22. The van der Waals surface area contributed by atoms with Crippen molar-refractivity contribution in [1.82, 2.24) is 25.9 Å². The topological polar surface area (TPSA) is 245 Å². The standard InChI is InChI=1S/C23H39N9O8.ClH/c1-3-40-22(37)15(7-4-10-26-23(25)29-32(38)39)28-20(35)17-9-5-11-30(17)18(33)13-27-19(34)16-8-6-12-31(16)21(36)14(2)24;/h14-17H,3-13,24H2,1-2H3,(H,27,34)(H,28,35)(H3,25,26,29);1H/t14-,15-,16-,17-;/m0./s1.